The molecule has 1 aliphatic carbocycles. The highest BCUT2D eigenvalue weighted by molar-refractivity contribution is 5.95. The maximum atomic E-state index is 13.1. The van der Waals surface area contributed by atoms with Gasteiger partial charge in [0.25, 0.3) is 11.6 Å². The smallest absolute Gasteiger partial charge is 0.273 e. The molecule has 0 heterocycles. The molecular weight excluding hydrogens is 241 g/mol. The number of non-ortho nitro benzene ring substituents is 1. The molecule has 0 unspecified atom stereocenters. The van der Waals surface area contributed by atoms with Crippen LogP contribution in [-0.4, -0.2) is 22.9 Å². The van der Waals surface area contributed by atoms with E-state index in [0.717, 1.165) is 18.2 Å². The summed E-state index contributed by atoms with van der Waals surface area (Å²) >= 11 is 0. The highest BCUT2D eigenvalue weighted by atomic mass is 19.1. The Bertz CT molecular complexity index is 500. The number of carbonyl (C=O) groups is 1. The molecule has 1 amide bonds. The Morgan fingerprint density at radius 2 is 2.11 bits per heavy atom. The minimum atomic E-state index is -0.806. The molecule has 18 heavy (non-hydrogen) atoms. The lowest BCUT2D eigenvalue weighted by molar-refractivity contribution is -0.385. The Morgan fingerprint density at radius 1 is 1.44 bits per heavy atom. The number of nitrogens with two attached hydrogens (primary N) is 1. The zero-order valence-electron chi connectivity index (χ0n) is 9.43. The largest absolute Gasteiger partial charge is 0.349 e. The summed E-state index contributed by atoms with van der Waals surface area (Å²) in [5.41, 5.74) is 5.08. The average molecular weight is 253 g/mol. The number of halogens is 1. The van der Waals surface area contributed by atoms with Gasteiger partial charge in [0, 0.05) is 23.7 Å². The van der Waals surface area contributed by atoms with E-state index in [-0.39, 0.29) is 17.6 Å². The van der Waals surface area contributed by atoms with E-state index < -0.39 is 22.3 Å². The fraction of sp³-hybridized carbons (Fsp3) is 0.364. The summed E-state index contributed by atoms with van der Waals surface area (Å²) in [4.78, 5) is 21.6. The van der Waals surface area contributed by atoms with Crippen molar-refractivity contribution in [2.24, 2.45) is 5.73 Å². The standard InChI is InChI=1S/C11H12FN3O3/c12-7-1-6(2-10(3-7)15(17)18)11(16)14-9-4-8(13)5-9/h1-3,8-9H,4-5,13H2,(H,14,16). The Labute approximate surface area is 102 Å². The van der Waals surface area contributed by atoms with Gasteiger partial charge in [-0.25, -0.2) is 4.39 Å². The molecule has 7 heteroatoms. The number of benzene rings is 1. The summed E-state index contributed by atoms with van der Waals surface area (Å²) < 4.78 is 13.1. The van der Waals surface area contributed by atoms with Gasteiger partial charge >= 0.3 is 0 Å². The highest BCUT2D eigenvalue weighted by Crippen LogP contribution is 2.20. The van der Waals surface area contributed by atoms with Crippen molar-refractivity contribution in [1.82, 2.24) is 5.32 Å². The van der Waals surface area contributed by atoms with Gasteiger partial charge in [0.1, 0.15) is 5.82 Å². The first-order valence-corrected chi connectivity index (χ1v) is 5.47. The average Bonchev–Trinajstić information content (AvgIpc) is 2.26. The second kappa shape index (κ2) is 4.69. The van der Waals surface area contributed by atoms with E-state index >= 15 is 0 Å². The predicted octanol–water partition coefficient (Wildman–Crippen LogP) is 0.953. The van der Waals surface area contributed by atoms with Crippen molar-refractivity contribution >= 4 is 11.6 Å². The molecule has 1 saturated carbocycles. The lowest BCUT2D eigenvalue weighted by Gasteiger charge is -2.32. The van der Waals surface area contributed by atoms with Crippen molar-refractivity contribution in [2.75, 3.05) is 0 Å². The van der Waals surface area contributed by atoms with Crippen molar-refractivity contribution in [2.45, 2.75) is 24.9 Å². The maximum absolute atomic E-state index is 13.1. The first-order valence-electron chi connectivity index (χ1n) is 5.47. The predicted molar refractivity (Wildman–Crippen MR) is 61.5 cm³/mol. The van der Waals surface area contributed by atoms with Gasteiger partial charge < -0.3 is 11.1 Å². The Hall–Kier alpha value is -2.02. The van der Waals surface area contributed by atoms with Gasteiger partial charge in [-0.2, -0.15) is 0 Å². The van der Waals surface area contributed by atoms with Gasteiger partial charge in [-0.1, -0.05) is 0 Å². The molecule has 6 nitrogen and oxygen atoms in total. The summed E-state index contributed by atoms with van der Waals surface area (Å²) in [7, 11) is 0. The number of hydrogen-bond donors (Lipinski definition) is 2. The minimum absolute atomic E-state index is 0.0326. The topological polar surface area (TPSA) is 98.3 Å². The van der Waals surface area contributed by atoms with Gasteiger partial charge in [0.15, 0.2) is 0 Å². The van der Waals surface area contributed by atoms with E-state index in [1.54, 1.807) is 0 Å². The van der Waals surface area contributed by atoms with Crippen LogP contribution in [0.3, 0.4) is 0 Å². The molecule has 2 rings (SSSR count). The molecule has 0 spiro atoms. The first-order chi connectivity index (χ1) is 8.45. The van der Waals surface area contributed by atoms with Gasteiger partial charge in [-0.15, -0.1) is 0 Å². The van der Waals surface area contributed by atoms with Crippen LogP contribution in [0.2, 0.25) is 0 Å². The fourth-order valence-electron chi connectivity index (χ4n) is 1.86. The molecular formula is C11H12FN3O3. The molecule has 0 aromatic heterocycles. The van der Waals surface area contributed by atoms with Crippen LogP contribution in [0.25, 0.3) is 0 Å². The second-order valence-corrected chi connectivity index (χ2v) is 4.36. The van der Waals surface area contributed by atoms with Crippen molar-refractivity contribution in [3.05, 3.63) is 39.7 Å². The molecule has 0 saturated heterocycles. The van der Waals surface area contributed by atoms with Crippen LogP contribution in [-0.2, 0) is 0 Å². The molecule has 1 aromatic rings. The van der Waals surface area contributed by atoms with Crippen molar-refractivity contribution in [1.29, 1.82) is 0 Å². The zero-order valence-corrected chi connectivity index (χ0v) is 9.43. The quantitative estimate of drug-likeness (QED) is 0.619. The van der Waals surface area contributed by atoms with Gasteiger partial charge in [0.2, 0.25) is 0 Å². The van der Waals surface area contributed by atoms with Gasteiger partial charge in [-0.3, -0.25) is 14.9 Å². The number of nitro groups is 1. The lowest BCUT2D eigenvalue weighted by Crippen LogP contribution is -2.50. The normalized spacial score (nSPS) is 22.1. The SMILES string of the molecule is NC1CC(NC(=O)c2cc(F)cc([N+](=O)[O-])c2)C1. The van der Waals surface area contributed by atoms with Crippen LogP contribution in [0, 0.1) is 15.9 Å². The summed E-state index contributed by atoms with van der Waals surface area (Å²) in [6.07, 6.45) is 1.34. The summed E-state index contributed by atoms with van der Waals surface area (Å²) in [6.45, 7) is 0. The number of nitrogens with zero attached hydrogens (tertiary/aromatic N) is 1. The fourth-order valence-corrected chi connectivity index (χ4v) is 1.86. The third-order valence-corrected chi connectivity index (χ3v) is 2.87. The number of amides is 1. The molecule has 0 radical (unpaired) electrons. The van der Waals surface area contributed by atoms with E-state index in [4.69, 9.17) is 5.73 Å². The lowest BCUT2D eigenvalue weighted by atomic mass is 9.87. The van der Waals surface area contributed by atoms with Crippen LogP contribution in [0.15, 0.2) is 18.2 Å². The third kappa shape index (κ3) is 2.62. The number of nitrogens with one attached hydrogen (secondary N) is 1. The van der Waals surface area contributed by atoms with E-state index in [2.05, 4.69) is 5.32 Å². The van der Waals surface area contributed by atoms with Crippen LogP contribution in [0.4, 0.5) is 10.1 Å². The number of hydrogen-bond acceptors (Lipinski definition) is 4. The second-order valence-electron chi connectivity index (χ2n) is 4.36. The first kappa shape index (κ1) is 12.4. The van der Waals surface area contributed by atoms with Crippen LogP contribution in [0.1, 0.15) is 23.2 Å². The maximum Gasteiger partial charge on any atom is 0.273 e. The molecule has 1 aliphatic rings. The van der Waals surface area contributed by atoms with Crippen molar-refractivity contribution < 1.29 is 14.1 Å². The Morgan fingerprint density at radius 3 is 2.67 bits per heavy atom. The van der Waals surface area contributed by atoms with E-state index in [1.165, 1.54) is 0 Å². The number of rotatable bonds is 3. The zero-order chi connectivity index (χ0) is 13.3. The Balaban J connectivity index is 2.12. The van der Waals surface area contributed by atoms with E-state index in [1.807, 2.05) is 0 Å². The number of nitro benzene ring substituents is 1. The van der Waals surface area contributed by atoms with E-state index in [0.29, 0.717) is 12.8 Å². The van der Waals surface area contributed by atoms with Crippen molar-refractivity contribution in [3.8, 4) is 0 Å². The summed E-state index contributed by atoms with van der Waals surface area (Å²) in [5.74, 6) is -1.32. The van der Waals surface area contributed by atoms with Crippen molar-refractivity contribution in [3.63, 3.8) is 0 Å². The van der Waals surface area contributed by atoms with Gasteiger partial charge in [0.05, 0.1) is 11.0 Å². The van der Waals surface area contributed by atoms with E-state index in [9.17, 15) is 19.3 Å². The molecule has 0 atom stereocenters. The number of carbonyl (C=O) groups excluding carboxylic acids is 1. The summed E-state index contributed by atoms with van der Waals surface area (Å²) in [5, 5.41) is 13.2. The Kier molecular flexibility index (Phi) is 3.24. The third-order valence-electron chi connectivity index (χ3n) is 2.87. The van der Waals surface area contributed by atoms with Crippen LogP contribution in [0.5, 0.6) is 0 Å². The molecule has 96 valence electrons. The minimum Gasteiger partial charge on any atom is -0.349 e. The molecule has 1 aromatic carbocycles. The highest BCUT2D eigenvalue weighted by Gasteiger charge is 2.27. The van der Waals surface area contributed by atoms with Crippen LogP contribution < -0.4 is 11.1 Å². The van der Waals surface area contributed by atoms with Gasteiger partial charge in [-0.05, 0) is 18.9 Å². The molecule has 1 fully saturated rings. The molecule has 0 bridgehead atoms. The molecule has 3 N–H and O–H groups in total. The van der Waals surface area contributed by atoms with Crippen LogP contribution >= 0.6 is 0 Å². The summed E-state index contributed by atoms with van der Waals surface area (Å²) in [6, 6.07) is 2.85. The molecule has 0 aliphatic heterocycles. The monoisotopic (exact) mass is 253 g/mol.